The summed E-state index contributed by atoms with van der Waals surface area (Å²) in [5, 5.41) is 0. The third-order valence-corrected chi connectivity index (χ3v) is 5.54. The molecule has 0 aliphatic carbocycles. The average Bonchev–Trinajstić information content (AvgIpc) is 2.93. The maximum absolute atomic E-state index is 12.3. The van der Waals surface area contributed by atoms with Crippen molar-refractivity contribution in [2.45, 2.75) is 25.9 Å². The molecule has 0 unspecified atom stereocenters. The molecule has 38 heavy (non-hydrogen) atoms. The van der Waals surface area contributed by atoms with Crippen molar-refractivity contribution in [3.63, 3.8) is 0 Å². The zero-order valence-electron chi connectivity index (χ0n) is 22.1. The molecule has 10 nitrogen and oxygen atoms in total. The van der Waals surface area contributed by atoms with Crippen LogP contribution in [0.1, 0.15) is 37.1 Å². The molecule has 0 heterocycles. The van der Waals surface area contributed by atoms with Gasteiger partial charge in [-0.05, 0) is 25.0 Å². The van der Waals surface area contributed by atoms with Gasteiger partial charge in [-0.1, -0.05) is 60.7 Å². The summed E-state index contributed by atoms with van der Waals surface area (Å²) in [6.07, 6.45) is 0.775. The molecular weight excluding hydrogens is 492 g/mol. The van der Waals surface area contributed by atoms with Gasteiger partial charge in [0.25, 0.3) is 0 Å². The van der Waals surface area contributed by atoms with Crippen LogP contribution in [0, 0.1) is 0 Å². The van der Waals surface area contributed by atoms with Gasteiger partial charge in [0.05, 0.1) is 25.3 Å². The van der Waals surface area contributed by atoms with Gasteiger partial charge in [0.15, 0.2) is 0 Å². The predicted molar refractivity (Wildman–Crippen MR) is 139 cm³/mol. The summed E-state index contributed by atoms with van der Waals surface area (Å²) in [4.78, 5) is 51.8. The lowest BCUT2D eigenvalue weighted by atomic mass is 10.1. The zero-order valence-corrected chi connectivity index (χ0v) is 22.1. The Hall–Kier alpha value is -4.34. The van der Waals surface area contributed by atoms with Crippen molar-refractivity contribution in [1.29, 1.82) is 0 Å². The van der Waals surface area contributed by atoms with E-state index in [1.165, 1.54) is 9.80 Å². The minimum absolute atomic E-state index is 0.155. The highest BCUT2D eigenvalue weighted by atomic mass is 16.6. The van der Waals surface area contributed by atoms with Gasteiger partial charge < -0.3 is 28.7 Å². The number of nitrogens with zero attached hydrogens (tertiary/aromatic N) is 2. The monoisotopic (exact) mass is 526 g/mol. The summed E-state index contributed by atoms with van der Waals surface area (Å²) in [7, 11) is 3.10. The van der Waals surface area contributed by atoms with E-state index >= 15 is 0 Å². The molecule has 10 heteroatoms. The van der Waals surface area contributed by atoms with E-state index in [9.17, 15) is 19.2 Å². The molecule has 2 aromatic rings. The van der Waals surface area contributed by atoms with Crippen LogP contribution in [-0.2, 0) is 28.5 Å². The largest absolute Gasteiger partial charge is 0.460 e. The normalized spacial score (nSPS) is 12.2. The van der Waals surface area contributed by atoms with Gasteiger partial charge in [0.1, 0.15) is 13.2 Å². The molecule has 0 N–H and O–H groups in total. The topological polar surface area (TPSA) is 112 Å². The highest BCUT2D eigenvalue weighted by Gasteiger charge is 2.25. The van der Waals surface area contributed by atoms with E-state index in [0.29, 0.717) is 0 Å². The van der Waals surface area contributed by atoms with Crippen LogP contribution < -0.4 is 0 Å². The van der Waals surface area contributed by atoms with Crippen LogP contribution in [0.15, 0.2) is 72.8 Å². The number of rotatable bonds is 12. The van der Waals surface area contributed by atoms with Crippen LogP contribution in [0.5, 0.6) is 0 Å². The lowest BCUT2D eigenvalue weighted by molar-refractivity contribution is -0.142. The minimum Gasteiger partial charge on any atom is -0.460 e. The number of hydrogen-bond donors (Lipinski definition) is 0. The molecule has 0 aliphatic rings. The summed E-state index contributed by atoms with van der Waals surface area (Å²) in [6.45, 7) is 3.50. The van der Waals surface area contributed by atoms with E-state index in [0.717, 1.165) is 23.3 Å². The van der Waals surface area contributed by atoms with Gasteiger partial charge in [0, 0.05) is 26.2 Å². The first kappa shape index (κ1) is 29.9. The van der Waals surface area contributed by atoms with E-state index in [-0.39, 0.29) is 26.4 Å². The Labute approximate surface area is 222 Å². The van der Waals surface area contributed by atoms with Crippen LogP contribution >= 0.6 is 0 Å². The standard InChI is InChI=1S/C28H34N2O8/c1-5-35-27(33)29(3)23(21-13-9-7-10-14-21)19-37-25(31)17-18-26(32)38-20-24(22-15-11-8-12-16-22)30(4)28(34)36-6-2/h7-18,23-24H,5-6,19-20H2,1-4H3/b18-17+/t23-,24-/m1/s1. The number of amides is 2. The van der Waals surface area contributed by atoms with Gasteiger partial charge in [0.2, 0.25) is 0 Å². The fourth-order valence-electron chi connectivity index (χ4n) is 3.47. The van der Waals surface area contributed by atoms with E-state index in [4.69, 9.17) is 18.9 Å². The van der Waals surface area contributed by atoms with E-state index < -0.39 is 36.2 Å². The van der Waals surface area contributed by atoms with Crippen LogP contribution in [0.25, 0.3) is 0 Å². The van der Waals surface area contributed by atoms with E-state index in [2.05, 4.69) is 0 Å². The Morgan fingerprint density at radius 2 is 0.974 bits per heavy atom. The second-order valence-corrected chi connectivity index (χ2v) is 8.07. The number of esters is 2. The minimum atomic E-state index is -0.789. The first-order valence-corrected chi connectivity index (χ1v) is 12.2. The number of benzene rings is 2. The van der Waals surface area contributed by atoms with Gasteiger partial charge in [-0.15, -0.1) is 0 Å². The molecule has 0 spiro atoms. The van der Waals surface area contributed by atoms with Crippen LogP contribution in [-0.4, -0.2) is 74.4 Å². The molecule has 0 bridgehead atoms. The Morgan fingerprint density at radius 1 is 0.632 bits per heavy atom. The third kappa shape index (κ3) is 9.27. The summed E-state index contributed by atoms with van der Waals surface area (Å²) < 4.78 is 20.7. The average molecular weight is 527 g/mol. The molecule has 0 radical (unpaired) electrons. The highest BCUT2D eigenvalue weighted by Crippen LogP contribution is 2.22. The molecule has 2 rings (SSSR count). The molecule has 2 atom stereocenters. The maximum Gasteiger partial charge on any atom is 0.410 e. The quantitative estimate of drug-likeness (QED) is 0.229. The van der Waals surface area contributed by atoms with Crippen molar-refractivity contribution in [2.24, 2.45) is 0 Å². The fourth-order valence-corrected chi connectivity index (χ4v) is 3.47. The molecule has 0 saturated heterocycles. The Balaban J connectivity index is 1.99. The number of likely N-dealkylation sites (N-methyl/N-ethyl adjacent to an activating group) is 2. The first-order chi connectivity index (χ1) is 18.3. The lowest BCUT2D eigenvalue weighted by Crippen LogP contribution is -2.35. The molecular formula is C28H34N2O8. The predicted octanol–water partition coefficient (Wildman–Crippen LogP) is 4.29. The van der Waals surface area contributed by atoms with Crippen molar-refractivity contribution in [3.8, 4) is 0 Å². The van der Waals surface area contributed by atoms with Gasteiger partial charge >= 0.3 is 24.1 Å². The van der Waals surface area contributed by atoms with Crippen molar-refractivity contribution in [2.75, 3.05) is 40.5 Å². The number of carbonyl (C=O) groups excluding carboxylic acids is 4. The Morgan fingerprint density at radius 3 is 1.29 bits per heavy atom. The molecule has 0 aliphatic heterocycles. The van der Waals surface area contributed by atoms with Crippen LogP contribution in [0.3, 0.4) is 0 Å². The number of carbonyl (C=O) groups is 4. The van der Waals surface area contributed by atoms with Gasteiger partial charge in [-0.2, -0.15) is 0 Å². The SMILES string of the molecule is CCOC(=O)N(C)[C@H](COC(=O)/C=C/C(=O)OC[C@H](c1ccccc1)N(C)C(=O)OCC)c1ccccc1. The van der Waals surface area contributed by atoms with Gasteiger partial charge in [-0.25, -0.2) is 19.2 Å². The van der Waals surface area contributed by atoms with Crippen molar-refractivity contribution in [3.05, 3.63) is 83.9 Å². The fraction of sp³-hybridized carbons (Fsp3) is 0.357. The zero-order chi connectivity index (χ0) is 27.9. The molecule has 2 amide bonds. The van der Waals surface area contributed by atoms with Crippen molar-refractivity contribution in [1.82, 2.24) is 9.80 Å². The van der Waals surface area contributed by atoms with Crippen LogP contribution in [0.2, 0.25) is 0 Å². The smallest absolute Gasteiger partial charge is 0.410 e. The Bertz CT molecular complexity index is 989. The summed E-state index contributed by atoms with van der Waals surface area (Å²) in [5.74, 6) is -1.58. The molecule has 204 valence electrons. The summed E-state index contributed by atoms with van der Waals surface area (Å²) in [5.41, 5.74) is 1.49. The second-order valence-electron chi connectivity index (χ2n) is 8.07. The van der Waals surface area contributed by atoms with E-state index in [1.807, 2.05) is 12.1 Å². The second kappa shape index (κ2) is 15.7. The Kier molecular flexibility index (Phi) is 12.4. The number of hydrogen-bond acceptors (Lipinski definition) is 8. The van der Waals surface area contributed by atoms with Gasteiger partial charge in [-0.3, -0.25) is 0 Å². The lowest BCUT2D eigenvalue weighted by Gasteiger charge is -2.27. The summed E-state index contributed by atoms with van der Waals surface area (Å²) >= 11 is 0. The molecule has 2 aromatic carbocycles. The summed E-state index contributed by atoms with van der Waals surface area (Å²) in [6, 6.07) is 16.9. The van der Waals surface area contributed by atoms with E-state index in [1.54, 1.807) is 76.5 Å². The third-order valence-electron chi connectivity index (χ3n) is 5.54. The highest BCUT2D eigenvalue weighted by molar-refractivity contribution is 5.91. The first-order valence-electron chi connectivity index (χ1n) is 12.2. The molecule has 0 saturated carbocycles. The maximum atomic E-state index is 12.3. The van der Waals surface area contributed by atoms with Crippen LogP contribution in [0.4, 0.5) is 9.59 Å². The van der Waals surface area contributed by atoms with Crippen molar-refractivity contribution < 1.29 is 38.1 Å². The number of ether oxygens (including phenoxy) is 4. The molecule has 0 fully saturated rings. The molecule has 0 aromatic heterocycles. The van der Waals surface area contributed by atoms with Crippen molar-refractivity contribution >= 4 is 24.1 Å².